The first-order chi connectivity index (χ1) is 4.68. The van der Waals surface area contributed by atoms with E-state index >= 15 is 0 Å². The second-order valence-electron chi connectivity index (χ2n) is 4.04. The molecule has 1 aliphatic heterocycles. The van der Waals surface area contributed by atoms with Gasteiger partial charge in [0.05, 0.1) is 0 Å². The number of hydrogen-bond acceptors (Lipinski definition) is 1. The molecule has 0 radical (unpaired) electrons. The Balaban J connectivity index is 2.18. The van der Waals surface area contributed by atoms with Gasteiger partial charge in [0, 0.05) is 6.04 Å². The van der Waals surface area contributed by atoms with Gasteiger partial charge >= 0.3 is 0 Å². The lowest BCUT2D eigenvalue weighted by atomic mass is 9.95. The summed E-state index contributed by atoms with van der Waals surface area (Å²) in [6.07, 6.45) is 2.79. The van der Waals surface area contributed by atoms with Crippen LogP contribution >= 0.6 is 0 Å². The maximum Gasteiger partial charge on any atom is 0.00419 e. The minimum absolute atomic E-state index is 0.767. The summed E-state index contributed by atoms with van der Waals surface area (Å²) in [4.78, 5) is 0. The molecule has 0 aromatic rings. The van der Waals surface area contributed by atoms with Gasteiger partial charge in [0.25, 0.3) is 0 Å². The number of rotatable bonds is 2. The molecule has 10 heavy (non-hydrogen) atoms. The van der Waals surface area contributed by atoms with Crippen molar-refractivity contribution in [1.29, 1.82) is 0 Å². The predicted molar refractivity (Wildman–Crippen MR) is 45.0 cm³/mol. The summed E-state index contributed by atoms with van der Waals surface area (Å²) < 4.78 is 0. The summed E-state index contributed by atoms with van der Waals surface area (Å²) in [5.74, 6) is 1.83. The fourth-order valence-electron chi connectivity index (χ4n) is 1.88. The van der Waals surface area contributed by atoms with Crippen molar-refractivity contribution in [2.24, 2.45) is 11.8 Å². The quantitative estimate of drug-likeness (QED) is 0.620. The predicted octanol–water partition coefficient (Wildman–Crippen LogP) is 2.03. The molecule has 1 fully saturated rings. The Hall–Kier alpha value is -0.0400. The third-order valence-corrected chi connectivity index (χ3v) is 2.25. The first-order valence-electron chi connectivity index (χ1n) is 4.42. The molecule has 60 valence electrons. The van der Waals surface area contributed by atoms with Gasteiger partial charge in [-0.3, -0.25) is 0 Å². The Bertz CT molecular complexity index is 98.9. The highest BCUT2D eigenvalue weighted by Crippen LogP contribution is 2.20. The average molecular weight is 141 g/mol. The zero-order chi connectivity index (χ0) is 7.56. The zero-order valence-corrected chi connectivity index (χ0v) is 7.35. The van der Waals surface area contributed by atoms with Crippen LogP contribution in [0.2, 0.25) is 0 Å². The van der Waals surface area contributed by atoms with Crippen molar-refractivity contribution in [3.63, 3.8) is 0 Å². The minimum atomic E-state index is 0.767. The van der Waals surface area contributed by atoms with Gasteiger partial charge < -0.3 is 5.32 Å². The molecule has 1 saturated heterocycles. The summed E-state index contributed by atoms with van der Waals surface area (Å²) in [6.45, 7) is 8.14. The molecule has 2 unspecified atom stereocenters. The Morgan fingerprint density at radius 1 is 1.50 bits per heavy atom. The standard InChI is InChI=1S/C9H19N/c1-7(2)4-9-5-8(3)10-6-9/h7-10H,4-6H2,1-3H3. The maximum atomic E-state index is 3.47. The highest BCUT2D eigenvalue weighted by Gasteiger charge is 2.20. The second-order valence-corrected chi connectivity index (χ2v) is 4.04. The van der Waals surface area contributed by atoms with Crippen LogP contribution < -0.4 is 5.32 Å². The van der Waals surface area contributed by atoms with Gasteiger partial charge in [-0.1, -0.05) is 13.8 Å². The molecule has 0 amide bonds. The first-order valence-corrected chi connectivity index (χ1v) is 4.42. The molecule has 0 saturated carbocycles. The molecule has 0 aromatic heterocycles. The summed E-state index contributed by atoms with van der Waals surface area (Å²) >= 11 is 0. The lowest BCUT2D eigenvalue weighted by Crippen LogP contribution is -2.16. The van der Waals surface area contributed by atoms with Crippen molar-refractivity contribution in [2.75, 3.05) is 6.54 Å². The fraction of sp³-hybridized carbons (Fsp3) is 1.00. The summed E-state index contributed by atoms with van der Waals surface area (Å²) in [7, 11) is 0. The van der Waals surface area contributed by atoms with Crippen molar-refractivity contribution in [3.05, 3.63) is 0 Å². The van der Waals surface area contributed by atoms with E-state index < -0.39 is 0 Å². The van der Waals surface area contributed by atoms with Crippen molar-refractivity contribution >= 4 is 0 Å². The van der Waals surface area contributed by atoms with E-state index in [1.165, 1.54) is 19.4 Å². The van der Waals surface area contributed by atoms with Gasteiger partial charge in [-0.05, 0) is 38.1 Å². The fourth-order valence-corrected chi connectivity index (χ4v) is 1.88. The average Bonchev–Trinajstić information content (AvgIpc) is 2.13. The number of hydrogen-bond donors (Lipinski definition) is 1. The van der Waals surface area contributed by atoms with E-state index in [1.807, 2.05) is 0 Å². The molecule has 1 nitrogen and oxygen atoms in total. The molecule has 0 aromatic carbocycles. The van der Waals surface area contributed by atoms with Crippen LogP contribution in [0.25, 0.3) is 0 Å². The van der Waals surface area contributed by atoms with Gasteiger partial charge in [0.1, 0.15) is 0 Å². The Kier molecular flexibility index (Phi) is 2.72. The van der Waals surface area contributed by atoms with Gasteiger partial charge in [0.15, 0.2) is 0 Å². The van der Waals surface area contributed by atoms with Crippen molar-refractivity contribution in [2.45, 2.75) is 39.7 Å². The molecule has 0 spiro atoms. The van der Waals surface area contributed by atoms with Crippen LogP contribution in [0.1, 0.15) is 33.6 Å². The molecular formula is C9H19N. The molecule has 1 heterocycles. The van der Waals surface area contributed by atoms with Crippen LogP contribution in [-0.4, -0.2) is 12.6 Å². The highest BCUT2D eigenvalue weighted by atomic mass is 14.9. The Labute approximate surface area is 64.2 Å². The zero-order valence-electron chi connectivity index (χ0n) is 7.35. The van der Waals surface area contributed by atoms with E-state index in [1.54, 1.807) is 0 Å². The smallest absolute Gasteiger partial charge is 0.00419 e. The molecular weight excluding hydrogens is 122 g/mol. The van der Waals surface area contributed by atoms with Gasteiger partial charge in [-0.2, -0.15) is 0 Å². The highest BCUT2D eigenvalue weighted by molar-refractivity contribution is 4.78. The maximum absolute atomic E-state index is 3.47. The first kappa shape index (κ1) is 8.06. The van der Waals surface area contributed by atoms with E-state index in [-0.39, 0.29) is 0 Å². The largest absolute Gasteiger partial charge is 0.314 e. The molecule has 1 aliphatic rings. The monoisotopic (exact) mass is 141 g/mol. The van der Waals surface area contributed by atoms with Gasteiger partial charge in [-0.15, -0.1) is 0 Å². The lowest BCUT2D eigenvalue weighted by molar-refractivity contribution is 0.433. The van der Waals surface area contributed by atoms with Gasteiger partial charge in [-0.25, -0.2) is 0 Å². The van der Waals surface area contributed by atoms with Crippen LogP contribution in [0.5, 0.6) is 0 Å². The third-order valence-electron chi connectivity index (χ3n) is 2.25. The molecule has 0 aliphatic carbocycles. The van der Waals surface area contributed by atoms with Gasteiger partial charge in [0.2, 0.25) is 0 Å². The topological polar surface area (TPSA) is 12.0 Å². The van der Waals surface area contributed by atoms with E-state index in [2.05, 4.69) is 26.1 Å². The second kappa shape index (κ2) is 3.38. The third kappa shape index (κ3) is 2.30. The number of nitrogens with one attached hydrogen (secondary N) is 1. The molecule has 1 N–H and O–H groups in total. The normalized spacial score (nSPS) is 33.6. The van der Waals surface area contributed by atoms with Crippen molar-refractivity contribution in [1.82, 2.24) is 5.32 Å². The van der Waals surface area contributed by atoms with E-state index in [0.29, 0.717) is 0 Å². The minimum Gasteiger partial charge on any atom is -0.314 e. The van der Waals surface area contributed by atoms with E-state index in [0.717, 1.165) is 17.9 Å². The molecule has 1 rings (SSSR count). The van der Waals surface area contributed by atoms with Crippen molar-refractivity contribution < 1.29 is 0 Å². The SMILES string of the molecule is CC(C)CC1CNC(C)C1. The van der Waals surface area contributed by atoms with Crippen LogP contribution in [0.3, 0.4) is 0 Å². The Morgan fingerprint density at radius 3 is 2.60 bits per heavy atom. The summed E-state index contributed by atoms with van der Waals surface area (Å²) in [6, 6.07) is 0.767. The van der Waals surface area contributed by atoms with Crippen LogP contribution in [0, 0.1) is 11.8 Å². The van der Waals surface area contributed by atoms with Crippen LogP contribution in [-0.2, 0) is 0 Å². The summed E-state index contributed by atoms with van der Waals surface area (Å²) in [5, 5.41) is 3.47. The van der Waals surface area contributed by atoms with Crippen LogP contribution in [0.15, 0.2) is 0 Å². The van der Waals surface area contributed by atoms with E-state index in [4.69, 9.17) is 0 Å². The Morgan fingerprint density at radius 2 is 2.20 bits per heavy atom. The lowest BCUT2D eigenvalue weighted by Gasteiger charge is -2.10. The molecule has 2 atom stereocenters. The molecule has 0 bridgehead atoms. The van der Waals surface area contributed by atoms with Crippen LogP contribution in [0.4, 0.5) is 0 Å². The summed E-state index contributed by atoms with van der Waals surface area (Å²) in [5.41, 5.74) is 0. The molecule has 1 heteroatoms. The van der Waals surface area contributed by atoms with E-state index in [9.17, 15) is 0 Å². The van der Waals surface area contributed by atoms with Crippen molar-refractivity contribution in [3.8, 4) is 0 Å².